The van der Waals surface area contributed by atoms with Crippen LogP contribution in [0.3, 0.4) is 0 Å². The molecule has 0 saturated carbocycles. The van der Waals surface area contributed by atoms with Crippen molar-refractivity contribution in [2.45, 2.75) is 11.8 Å². The predicted octanol–water partition coefficient (Wildman–Crippen LogP) is 3.31. The van der Waals surface area contributed by atoms with Crippen LogP contribution >= 0.6 is 31.9 Å². The lowest BCUT2D eigenvalue weighted by molar-refractivity contribution is 0.569. The van der Waals surface area contributed by atoms with E-state index in [9.17, 15) is 8.42 Å². The zero-order valence-electron chi connectivity index (χ0n) is 9.15. The molecule has 0 amide bonds. The first-order chi connectivity index (χ1) is 8.38. The summed E-state index contributed by atoms with van der Waals surface area (Å²) in [5.41, 5.74) is 0.598. The van der Waals surface area contributed by atoms with Crippen molar-refractivity contribution in [2.24, 2.45) is 0 Å². The van der Waals surface area contributed by atoms with Gasteiger partial charge < -0.3 is 4.42 Å². The van der Waals surface area contributed by atoms with Gasteiger partial charge in [0.15, 0.2) is 0 Å². The molecular weight excluding hydrogens is 388 g/mol. The topological polar surface area (TPSA) is 72.2 Å². The van der Waals surface area contributed by atoms with Crippen LogP contribution in [0.1, 0.15) is 5.69 Å². The SMILES string of the molecule is Cc1coc(NS(=O)(=O)c2cc(Br)ccc2Br)n1. The lowest BCUT2D eigenvalue weighted by Crippen LogP contribution is -2.13. The maximum atomic E-state index is 12.1. The van der Waals surface area contributed by atoms with Gasteiger partial charge in [0.25, 0.3) is 10.0 Å². The van der Waals surface area contributed by atoms with Crippen LogP contribution in [0, 0.1) is 6.92 Å². The van der Waals surface area contributed by atoms with Crippen molar-refractivity contribution in [2.75, 3.05) is 4.72 Å². The Morgan fingerprint density at radius 1 is 1.33 bits per heavy atom. The molecule has 0 fully saturated rings. The summed E-state index contributed by atoms with van der Waals surface area (Å²) in [6.07, 6.45) is 1.37. The van der Waals surface area contributed by atoms with E-state index in [1.807, 2.05) is 0 Å². The molecule has 1 aromatic carbocycles. The van der Waals surface area contributed by atoms with E-state index >= 15 is 0 Å². The van der Waals surface area contributed by atoms with Gasteiger partial charge in [0.05, 0.1) is 5.69 Å². The van der Waals surface area contributed by atoms with E-state index in [0.717, 1.165) is 0 Å². The highest BCUT2D eigenvalue weighted by atomic mass is 79.9. The number of aromatic nitrogens is 1. The lowest BCUT2D eigenvalue weighted by Gasteiger charge is -2.06. The van der Waals surface area contributed by atoms with Gasteiger partial charge in [0.2, 0.25) is 0 Å². The summed E-state index contributed by atoms with van der Waals surface area (Å²) in [5, 5.41) is 0. The van der Waals surface area contributed by atoms with Gasteiger partial charge in [-0.2, -0.15) is 4.98 Å². The summed E-state index contributed by atoms with van der Waals surface area (Å²) in [4.78, 5) is 3.99. The number of sulfonamides is 1. The minimum atomic E-state index is -3.74. The summed E-state index contributed by atoms with van der Waals surface area (Å²) >= 11 is 6.42. The van der Waals surface area contributed by atoms with Gasteiger partial charge in [-0.3, -0.25) is 0 Å². The van der Waals surface area contributed by atoms with Gasteiger partial charge in [0, 0.05) is 8.95 Å². The summed E-state index contributed by atoms with van der Waals surface area (Å²) in [6.45, 7) is 1.70. The van der Waals surface area contributed by atoms with Gasteiger partial charge in [0.1, 0.15) is 11.2 Å². The Balaban J connectivity index is 2.39. The van der Waals surface area contributed by atoms with Gasteiger partial charge in [-0.05, 0) is 41.1 Å². The van der Waals surface area contributed by atoms with Crippen molar-refractivity contribution in [1.82, 2.24) is 4.98 Å². The maximum absolute atomic E-state index is 12.1. The molecule has 5 nitrogen and oxygen atoms in total. The molecule has 0 unspecified atom stereocenters. The molecule has 0 saturated heterocycles. The van der Waals surface area contributed by atoms with Crippen molar-refractivity contribution in [1.29, 1.82) is 0 Å². The molecule has 2 rings (SSSR count). The Morgan fingerprint density at radius 3 is 2.67 bits per heavy atom. The van der Waals surface area contributed by atoms with Gasteiger partial charge >= 0.3 is 6.01 Å². The molecule has 2 aromatic rings. The highest BCUT2D eigenvalue weighted by molar-refractivity contribution is 9.11. The molecule has 1 N–H and O–H groups in total. The third-order valence-electron chi connectivity index (χ3n) is 2.02. The lowest BCUT2D eigenvalue weighted by atomic mass is 10.4. The third-order valence-corrected chi connectivity index (χ3v) is 4.83. The number of anilines is 1. The Kier molecular flexibility index (Phi) is 3.79. The molecule has 1 aromatic heterocycles. The highest BCUT2D eigenvalue weighted by Gasteiger charge is 2.20. The largest absolute Gasteiger partial charge is 0.431 e. The van der Waals surface area contributed by atoms with Crippen LogP contribution in [0.25, 0.3) is 0 Å². The van der Waals surface area contributed by atoms with Crippen molar-refractivity contribution in [3.8, 4) is 0 Å². The van der Waals surface area contributed by atoms with E-state index in [1.165, 1.54) is 12.3 Å². The van der Waals surface area contributed by atoms with Crippen molar-refractivity contribution >= 4 is 47.9 Å². The first-order valence-electron chi connectivity index (χ1n) is 4.78. The zero-order chi connectivity index (χ0) is 13.3. The molecule has 0 aliphatic heterocycles. The van der Waals surface area contributed by atoms with E-state index in [0.29, 0.717) is 14.6 Å². The van der Waals surface area contributed by atoms with Crippen molar-refractivity contribution in [3.05, 3.63) is 39.1 Å². The number of oxazole rings is 1. The van der Waals surface area contributed by atoms with E-state index in [1.54, 1.807) is 19.1 Å². The molecule has 0 atom stereocenters. The molecule has 8 heteroatoms. The van der Waals surface area contributed by atoms with Crippen LogP contribution in [0.15, 0.2) is 42.7 Å². The molecule has 0 aliphatic rings. The fourth-order valence-electron chi connectivity index (χ4n) is 1.25. The Bertz CT molecular complexity index is 682. The number of hydrogen-bond acceptors (Lipinski definition) is 4. The molecule has 18 heavy (non-hydrogen) atoms. The number of benzene rings is 1. The number of nitrogens with zero attached hydrogens (tertiary/aromatic N) is 1. The first kappa shape index (κ1) is 13.6. The minimum absolute atomic E-state index is 0.0561. The highest BCUT2D eigenvalue weighted by Crippen LogP contribution is 2.27. The number of nitrogens with one attached hydrogen (secondary N) is 1. The normalized spacial score (nSPS) is 11.5. The summed E-state index contributed by atoms with van der Waals surface area (Å²) < 4.78 is 32.6. The number of rotatable bonds is 3. The van der Waals surface area contributed by atoms with E-state index in [4.69, 9.17) is 4.42 Å². The maximum Gasteiger partial charge on any atom is 0.309 e. The van der Waals surface area contributed by atoms with E-state index in [2.05, 4.69) is 41.6 Å². The average molecular weight is 396 g/mol. The number of halogens is 2. The second-order valence-corrected chi connectivity index (χ2v) is 6.90. The van der Waals surface area contributed by atoms with Crippen LogP contribution in [0.2, 0.25) is 0 Å². The summed E-state index contributed by atoms with van der Waals surface area (Å²) in [6, 6.07) is 4.81. The van der Waals surface area contributed by atoms with Crippen LogP contribution in [0.4, 0.5) is 6.01 Å². The third kappa shape index (κ3) is 2.93. The Hall–Kier alpha value is -0.860. The second kappa shape index (κ2) is 5.02. The number of aryl methyl sites for hydroxylation is 1. The molecule has 0 radical (unpaired) electrons. The molecule has 0 spiro atoms. The van der Waals surface area contributed by atoms with Crippen LogP contribution < -0.4 is 4.72 Å². The second-order valence-electron chi connectivity index (χ2n) is 3.47. The van der Waals surface area contributed by atoms with Gasteiger partial charge in [-0.25, -0.2) is 13.1 Å². The van der Waals surface area contributed by atoms with Crippen LogP contribution in [-0.2, 0) is 10.0 Å². The fraction of sp³-hybridized carbons (Fsp3) is 0.100. The van der Waals surface area contributed by atoms with E-state index < -0.39 is 10.0 Å². The zero-order valence-corrected chi connectivity index (χ0v) is 13.1. The molecular formula is C10H8Br2N2O3S. The quantitative estimate of drug-likeness (QED) is 0.865. The fourth-order valence-corrected chi connectivity index (χ4v) is 3.69. The summed E-state index contributed by atoms with van der Waals surface area (Å²) in [5.74, 6) is 0. The number of hydrogen-bond donors (Lipinski definition) is 1. The average Bonchev–Trinajstić information content (AvgIpc) is 2.66. The monoisotopic (exact) mass is 394 g/mol. The standard InChI is InChI=1S/C10H8Br2N2O3S/c1-6-5-17-10(13-6)14-18(15,16)9-4-7(11)2-3-8(9)12/h2-5H,1H3,(H,13,14). The van der Waals surface area contributed by atoms with Gasteiger partial charge in [-0.15, -0.1) is 0 Å². The van der Waals surface area contributed by atoms with Crippen molar-refractivity contribution in [3.63, 3.8) is 0 Å². The molecule has 0 aliphatic carbocycles. The van der Waals surface area contributed by atoms with Crippen LogP contribution in [-0.4, -0.2) is 13.4 Å². The van der Waals surface area contributed by atoms with Gasteiger partial charge in [-0.1, -0.05) is 15.9 Å². The van der Waals surface area contributed by atoms with Crippen LogP contribution in [0.5, 0.6) is 0 Å². The predicted molar refractivity (Wildman–Crippen MR) is 73.9 cm³/mol. The molecule has 0 bridgehead atoms. The summed E-state index contributed by atoms with van der Waals surface area (Å²) in [7, 11) is -3.74. The van der Waals surface area contributed by atoms with E-state index in [-0.39, 0.29) is 10.9 Å². The molecule has 1 heterocycles. The Morgan fingerprint density at radius 2 is 2.06 bits per heavy atom. The minimum Gasteiger partial charge on any atom is -0.431 e. The molecule has 96 valence electrons. The smallest absolute Gasteiger partial charge is 0.309 e. The first-order valence-corrected chi connectivity index (χ1v) is 7.85. The Labute approximate surface area is 121 Å². The van der Waals surface area contributed by atoms with Crippen molar-refractivity contribution < 1.29 is 12.8 Å².